The van der Waals surface area contributed by atoms with Gasteiger partial charge in [0.25, 0.3) is 0 Å². The number of hydrogen-bond donors (Lipinski definition) is 0. The van der Waals surface area contributed by atoms with Crippen molar-refractivity contribution in [1.29, 1.82) is 0 Å². The van der Waals surface area contributed by atoms with E-state index in [1.165, 1.54) is 51.7 Å². The van der Waals surface area contributed by atoms with E-state index in [0.29, 0.717) is 22.8 Å². The number of hydrogen-bond acceptors (Lipinski definition) is 5. The van der Waals surface area contributed by atoms with Gasteiger partial charge in [0, 0.05) is 5.56 Å². The van der Waals surface area contributed by atoms with E-state index in [4.69, 9.17) is 14.2 Å². The molecule has 0 bridgehead atoms. The maximum absolute atomic E-state index is 12.3. The molecule has 0 aliphatic carbocycles. The number of carbonyl (C=O) groups is 1. The molecule has 0 atom stereocenters. The van der Waals surface area contributed by atoms with Crippen molar-refractivity contribution >= 4 is 11.9 Å². The van der Waals surface area contributed by atoms with Crippen molar-refractivity contribution in [3.8, 4) is 23.0 Å². The van der Waals surface area contributed by atoms with E-state index >= 15 is 0 Å². The zero-order valence-electron chi connectivity index (χ0n) is 14.5. The molecule has 26 heavy (non-hydrogen) atoms. The van der Waals surface area contributed by atoms with Crippen LogP contribution in [0.1, 0.15) is 15.9 Å². The van der Waals surface area contributed by atoms with Crippen molar-refractivity contribution in [3.63, 3.8) is 0 Å². The summed E-state index contributed by atoms with van der Waals surface area (Å²) in [5.41, 5.74) is 0.875. The predicted molar refractivity (Wildman–Crippen MR) is 92.5 cm³/mol. The Balaban J connectivity index is 2.25. The van der Waals surface area contributed by atoms with Gasteiger partial charge in [-0.05, 0) is 35.9 Å². The number of ketones is 1. The molecule has 5 nitrogen and oxygen atoms in total. The van der Waals surface area contributed by atoms with Crippen LogP contribution >= 0.6 is 0 Å². The summed E-state index contributed by atoms with van der Waals surface area (Å²) in [4.78, 5) is 12.3. The van der Waals surface area contributed by atoms with Crippen LogP contribution in [-0.4, -0.2) is 33.7 Å². The highest BCUT2D eigenvalue weighted by molar-refractivity contribution is 6.07. The summed E-state index contributed by atoms with van der Waals surface area (Å²) in [7, 11) is 4.47. The number of allylic oxidation sites excluding steroid dienone is 1. The molecule has 0 aromatic heterocycles. The zero-order chi connectivity index (χ0) is 19.1. The summed E-state index contributed by atoms with van der Waals surface area (Å²) in [6.45, 7) is -2.95. The Morgan fingerprint density at radius 2 is 1.65 bits per heavy atom. The Morgan fingerprint density at radius 1 is 1.00 bits per heavy atom. The average molecular weight is 364 g/mol. The number of halogens is 2. The Bertz CT molecular complexity index is 777. The van der Waals surface area contributed by atoms with Gasteiger partial charge < -0.3 is 18.9 Å². The first-order valence-corrected chi connectivity index (χ1v) is 7.55. The Kier molecular flexibility index (Phi) is 6.54. The van der Waals surface area contributed by atoms with Gasteiger partial charge in [-0.3, -0.25) is 4.79 Å². The van der Waals surface area contributed by atoms with Crippen LogP contribution in [0.4, 0.5) is 8.78 Å². The van der Waals surface area contributed by atoms with Gasteiger partial charge >= 0.3 is 6.61 Å². The van der Waals surface area contributed by atoms with Crippen LogP contribution in [0.2, 0.25) is 0 Å². The fraction of sp³-hybridized carbons (Fsp3) is 0.211. The number of rotatable bonds is 8. The van der Waals surface area contributed by atoms with Crippen LogP contribution in [-0.2, 0) is 0 Å². The van der Waals surface area contributed by atoms with Crippen molar-refractivity contribution in [1.82, 2.24) is 0 Å². The van der Waals surface area contributed by atoms with Crippen molar-refractivity contribution in [2.45, 2.75) is 6.61 Å². The summed E-state index contributed by atoms with van der Waals surface area (Å²) >= 11 is 0. The van der Waals surface area contributed by atoms with E-state index in [2.05, 4.69) is 4.74 Å². The number of ether oxygens (including phenoxy) is 4. The standard InChI is InChI=1S/C19H18F2O5/c1-23-16-9-12(10-17(24-2)18(16)25-3)7-8-15(22)13-5-4-6-14(11-13)26-19(20)21/h4-11,19H,1-3H3/b8-7+. The van der Waals surface area contributed by atoms with E-state index in [1.54, 1.807) is 18.2 Å². The lowest BCUT2D eigenvalue weighted by molar-refractivity contribution is -0.0498. The molecule has 138 valence electrons. The van der Waals surface area contributed by atoms with Crippen LogP contribution in [0.5, 0.6) is 23.0 Å². The first-order valence-electron chi connectivity index (χ1n) is 7.55. The Labute approximate surface area is 149 Å². The molecule has 7 heteroatoms. The van der Waals surface area contributed by atoms with E-state index in [9.17, 15) is 13.6 Å². The van der Waals surface area contributed by atoms with Gasteiger partial charge in [-0.1, -0.05) is 18.2 Å². The largest absolute Gasteiger partial charge is 0.493 e. The Morgan fingerprint density at radius 3 is 2.19 bits per heavy atom. The molecule has 0 fully saturated rings. The highest BCUT2D eigenvalue weighted by Gasteiger charge is 2.12. The third-order valence-corrected chi connectivity index (χ3v) is 3.46. The van der Waals surface area contributed by atoms with Crippen molar-refractivity contribution in [2.75, 3.05) is 21.3 Å². The molecule has 2 aromatic rings. The molecule has 0 amide bonds. The maximum atomic E-state index is 12.3. The molecule has 0 aliphatic rings. The quantitative estimate of drug-likeness (QED) is 0.519. The van der Waals surface area contributed by atoms with Crippen LogP contribution in [0.15, 0.2) is 42.5 Å². The number of benzene rings is 2. The van der Waals surface area contributed by atoms with E-state index in [-0.39, 0.29) is 17.1 Å². The molecule has 2 rings (SSSR count). The molecule has 0 spiro atoms. The molecule has 0 heterocycles. The van der Waals surface area contributed by atoms with Gasteiger partial charge in [0.1, 0.15) is 5.75 Å². The molecule has 0 saturated heterocycles. The number of methoxy groups -OCH3 is 3. The van der Waals surface area contributed by atoms with Crippen LogP contribution in [0.25, 0.3) is 6.08 Å². The smallest absolute Gasteiger partial charge is 0.387 e. The van der Waals surface area contributed by atoms with E-state index in [0.717, 1.165) is 0 Å². The summed E-state index contributed by atoms with van der Waals surface area (Å²) in [6, 6.07) is 8.96. The van der Waals surface area contributed by atoms with Gasteiger partial charge in [-0.25, -0.2) is 0 Å². The molecule has 0 radical (unpaired) electrons. The van der Waals surface area contributed by atoms with Gasteiger partial charge in [0.2, 0.25) is 5.75 Å². The lowest BCUT2D eigenvalue weighted by atomic mass is 10.1. The van der Waals surface area contributed by atoms with Gasteiger partial charge in [0.15, 0.2) is 17.3 Å². The lowest BCUT2D eigenvalue weighted by Gasteiger charge is -2.12. The Hall–Kier alpha value is -3.09. The minimum Gasteiger partial charge on any atom is -0.493 e. The summed E-state index contributed by atoms with van der Waals surface area (Å²) in [6.07, 6.45) is 2.88. The molecular weight excluding hydrogens is 346 g/mol. The van der Waals surface area contributed by atoms with Crippen LogP contribution < -0.4 is 18.9 Å². The van der Waals surface area contributed by atoms with Crippen molar-refractivity contribution < 1.29 is 32.5 Å². The highest BCUT2D eigenvalue weighted by Crippen LogP contribution is 2.38. The SMILES string of the molecule is COc1cc(/C=C/C(=O)c2cccc(OC(F)F)c2)cc(OC)c1OC. The summed E-state index contributed by atoms with van der Waals surface area (Å²) in [5, 5.41) is 0. The topological polar surface area (TPSA) is 54.0 Å². The van der Waals surface area contributed by atoms with Crippen molar-refractivity contribution in [2.24, 2.45) is 0 Å². The second-order valence-corrected chi connectivity index (χ2v) is 5.06. The summed E-state index contributed by atoms with van der Waals surface area (Å²) < 4.78 is 44.6. The van der Waals surface area contributed by atoms with E-state index in [1.807, 2.05) is 0 Å². The first kappa shape index (κ1) is 19.2. The summed E-state index contributed by atoms with van der Waals surface area (Å²) in [5.74, 6) is 0.901. The van der Waals surface area contributed by atoms with Gasteiger partial charge in [-0.2, -0.15) is 8.78 Å². The lowest BCUT2D eigenvalue weighted by Crippen LogP contribution is -2.03. The fourth-order valence-corrected chi connectivity index (χ4v) is 2.29. The minimum absolute atomic E-state index is 0.0768. The first-order chi connectivity index (χ1) is 12.5. The molecule has 0 saturated carbocycles. The van der Waals surface area contributed by atoms with Gasteiger partial charge in [-0.15, -0.1) is 0 Å². The second-order valence-electron chi connectivity index (χ2n) is 5.06. The van der Waals surface area contributed by atoms with Crippen LogP contribution in [0, 0.1) is 0 Å². The van der Waals surface area contributed by atoms with E-state index < -0.39 is 6.61 Å². The van der Waals surface area contributed by atoms with Gasteiger partial charge in [0.05, 0.1) is 21.3 Å². The molecule has 2 aromatic carbocycles. The third kappa shape index (κ3) is 4.72. The monoisotopic (exact) mass is 364 g/mol. The van der Waals surface area contributed by atoms with Crippen molar-refractivity contribution in [3.05, 3.63) is 53.6 Å². The average Bonchev–Trinajstić information content (AvgIpc) is 2.64. The molecule has 0 N–H and O–H groups in total. The predicted octanol–water partition coefficient (Wildman–Crippen LogP) is 4.21. The molecular formula is C19H18F2O5. The zero-order valence-corrected chi connectivity index (χ0v) is 14.5. The maximum Gasteiger partial charge on any atom is 0.387 e. The second kappa shape index (κ2) is 8.84. The number of carbonyl (C=O) groups excluding carboxylic acids is 1. The molecule has 0 unspecified atom stereocenters. The minimum atomic E-state index is -2.95. The number of alkyl halides is 2. The normalized spacial score (nSPS) is 10.8. The highest BCUT2D eigenvalue weighted by atomic mass is 19.3. The van der Waals surface area contributed by atoms with Crippen LogP contribution in [0.3, 0.4) is 0 Å². The molecule has 0 aliphatic heterocycles. The third-order valence-electron chi connectivity index (χ3n) is 3.46. The fourth-order valence-electron chi connectivity index (χ4n) is 2.29.